The normalized spacial score (nSPS) is 10.3. The Kier molecular flexibility index (Phi) is 4.40. The molecule has 0 atom stereocenters. The molecule has 2 rings (SSSR count). The molecule has 1 N–H and O–H groups in total. The van der Waals surface area contributed by atoms with Crippen molar-refractivity contribution in [3.63, 3.8) is 0 Å². The molecule has 1 aromatic heterocycles. The first-order valence-corrected chi connectivity index (χ1v) is 6.51. The van der Waals surface area contributed by atoms with Gasteiger partial charge in [-0.05, 0) is 26.0 Å². The Morgan fingerprint density at radius 2 is 2.00 bits per heavy atom. The molecule has 0 bridgehead atoms. The summed E-state index contributed by atoms with van der Waals surface area (Å²) >= 11 is 0. The zero-order chi connectivity index (χ0) is 14.5. The number of carbonyl (C=O) groups is 1. The summed E-state index contributed by atoms with van der Waals surface area (Å²) in [6.45, 7) is 4.42. The predicted octanol–water partition coefficient (Wildman–Crippen LogP) is 1.73. The standard InChI is InChI=1S/C15H19N3O2/c1-11-14(12(2)18(3)17-11)9-16-15(19)10-20-13-7-5-4-6-8-13/h4-8H,9-10H2,1-3H3,(H,16,19). The van der Waals surface area contributed by atoms with Gasteiger partial charge in [0.2, 0.25) is 0 Å². The van der Waals surface area contributed by atoms with Crippen LogP contribution in [-0.2, 0) is 18.4 Å². The highest BCUT2D eigenvalue weighted by atomic mass is 16.5. The molecule has 106 valence electrons. The highest BCUT2D eigenvalue weighted by Crippen LogP contribution is 2.11. The van der Waals surface area contributed by atoms with Gasteiger partial charge < -0.3 is 10.1 Å². The number of amides is 1. The third kappa shape index (κ3) is 3.38. The Morgan fingerprint density at radius 3 is 2.60 bits per heavy atom. The molecule has 0 unspecified atom stereocenters. The van der Waals surface area contributed by atoms with Crippen LogP contribution in [0.2, 0.25) is 0 Å². The maximum absolute atomic E-state index is 11.8. The number of carbonyl (C=O) groups excluding carboxylic acids is 1. The Balaban J connectivity index is 1.83. The molecule has 5 heteroatoms. The third-order valence-electron chi connectivity index (χ3n) is 3.23. The number of nitrogens with one attached hydrogen (secondary N) is 1. The van der Waals surface area contributed by atoms with Gasteiger partial charge in [0.05, 0.1) is 5.69 Å². The van der Waals surface area contributed by atoms with Crippen LogP contribution < -0.4 is 10.1 Å². The lowest BCUT2D eigenvalue weighted by molar-refractivity contribution is -0.123. The molecule has 0 aliphatic carbocycles. The largest absolute Gasteiger partial charge is 0.484 e. The van der Waals surface area contributed by atoms with E-state index in [1.807, 2.05) is 55.9 Å². The maximum Gasteiger partial charge on any atom is 0.258 e. The molecule has 0 spiro atoms. The third-order valence-corrected chi connectivity index (χ3v) is 3.23. The van der Waals surface area contributed by atoms with Crippen molar-refractivity contribution < 1.29 is 9.53 Å². The second-order valence-electron chi connectivity index (χ2n) is 4.65. The topological polar surface area (TPSA) is 56.2 Å². The van der Waals surface area contributed by atoms with Crippen molar-refractivity contribution in [1.82, 2.24) is 15.1 Å². The summed E-state index contributed by atoms with van der Waals surface area (Å²) in [6, 6.07) is 9.29. The summed E-state index contributed by atoms with van der Waals surface area (Å²) in [5, 5.41) is 7.16. The van der Waals surface area contributed by atoms with E-state index in [0.29, 0.717) is 12.3 Å². The first-order chi connectivity index (χ1) is 9.58. The maximum atomic E-state index is 11.8. The molecule has 0 aliphatic rings. The van der Waals surface area contributed by atoms with Crippen LogP contribution in [0.3, 0.4) is 0 Å². The lowest BCUT2D eigenvalue weighted by atomic mass is 10.2. The van der Waals surface area contributed by atoms with Crippen LogP contribution in [0.1, 0.15) is 17.0 Å². The first kappa shape index (κ1) is 14.1. The Bertz CT molecular complexity index is 591. The number of ether oxygens (including phenoxy) is 1. The summed E-state index contributed by atoms with van der Waals surface area (Å²) < 4.78 is 7.21. The summed E-state index contributed by atoms with van der Waals surface area (Å²) in [4.78, 5) is 11.8. The van der Waals surface area contributed by atoms with Crippen molar-refractivity contribution in [2.45, 2.75) is 20.4 Å². The Hall–Kier alpha value is -2.30. The number of aryl methyl sites for hydroxylation is 2. The van der Waals surface area contributed by atoms with E-state index in [2.05, 4.69) is 10.4 Å². The number of benzene rings is 1. The minimum absolute atomic E-state index is 0.0162. The fraction of sp³-hybridized carbons (Fsp3) is 0.333. The lowest BCUT2D eigenvalue weighted by Gasteiger charge is -2.07. The summed E-state index contributed by atoms with van der Waals surface area (Å²) in [5.74, 6) is 0.549. The average molecular weight is 273 g/mol. The number of rotatable bonds is 5. The second-order valence-corrected chi connectivity index (χ2v) is 4.65. The average Bonchev–Trinajstić information content (AvgIpc) is 2.69. The van der Waals surface area contributed by atoms with Crippen molar-refractivity contribution in [1.29, 1.82) is 0 Å². The van der Waals surface area contributed by atoms with Gasteiger partial charge in [0.25, 0.3) is 5.91 Å². The summed E-state index contributed by atoms with van der Waals surface area (Å²) in [6.07, 6.45) is 0. The van der Waals surface area contributed by atoms with Gasteiger partial charge in [0.1, 0.15) is 5.75 Å². The SMILES string of the molecule is Cc1nn(C)c(C)c1CNC(=O)COc1ccccc1. The van der Waals surface area contributed by atoms with E-state index in [-0.39, 0.29) is 12.5 Å². The first-order valence-electron chi connectivity index (χ1n) is 6.51. The smallest absolute Gasteiger partial charge is 0.258 e. The zero-order valence-corrected chi connectivity index (χ0v) is 12.0. The van der Waals surface area contributed by atoms with Crippen LogP contribution in [0.4, 0.5) is 0 Å². The quantitative estimate of drug-likeness (QED) is 0.902. The van der Waals surface area contributed by atoms with Crippen LogP contribution in [-0.4, -0.2) is 22.3 Å². The summed E-state index contributed by atoms with van der Waals surface area (Å²) in [5.41, 5.74) is 3.06. The van der Waals surface area contributed by atoms with Crippen LogP contribution in [0.15, 0.2) is 30.3 Å². The molecule has 0 saturated heterocycles. The fourth-order valence-electron chi connectivity index (χ4n) is 1.98. The van der Waals surface area contributed by atoms with Gasteiger partial charge in [-0.25, -0.2) is 0 Å². The van der Waals surface area contributed by atoms with E-state index < -0.39 is 0 Å². The molecule has 0 saturated carbocycles. The van der Waals surface area contributed by atoms with Crippen LogP contribution >= 0.6 is 0 Å². The number of hydrogen-bond donors (Lipinski definition) is 1. The molecular formula is C15H19N3O2. The molecule has 0 fully saturated rings. The van der Waals surface area contributed by atoms with Gasteiger partial charge >= 0.3 is 0 Å². The van der Waals surface area contributed by atoms with Crippen LogP contribution in [0.25, 0.3) is 0 Å². The molecule has 1 amide bonds. The fourth-order valence-corrected chi connectivity index (χ4v) is 1.98. The Morgan fingerprint density at radius 1 is 1.30 bits per heavy atom. The molecular weight excluding hydrogens is 254 g/mol. The predicted molar refractivity (Wildman–Crippen MR) is 76.5 cm³/mol. The highest BCUT2D eigenvalue weighted by molar-refractivity contribution is 5.77. The van der Waals surface area contributed by atoms with E-state index in [1.54, 1.807) is 0 Å². The molecule has 1 heterocycles. The Labute approximate surface area is 118 Å². The van der Waals surface area contributed by atoms with Gasteiger partial charge in [-0.2, -0.15) is 5.10 Å². The van der Waals surface area contributed by atoms with E-state index in [9.17, 15) is 4.79 Å². The van der Waals surface area contributed by atoms with Gasteiger partial charge in [-0.3, -0.25) is 9.48 Å². The van der Waals surface area contributed by atoms with E-state index in [0.717, 1.165) is 17.0 Å². The number of nitrogens with zero attached hydrogens (tertiary/aromatic N) is 2. The van der Waals surface area contributed by atoms with Gasteiger partial charge in [0.15, 0.2) is 6.61 Å². The van der Waals surface area contributed by atoms with Crippen molar-refractivity contribution in [3.05, 3.63) is 47.3 Å². The van der Waals surface area contributed by atoms with Gasteiger partial charge in [-0.15, -0.1) is 0 Å². The molecule has 20 heavy (non-hydrogen) atoms. The van der Waals surface area contributed by atoms with Crippen molar-refractivity contribution >= 4 is 5.91 Å². The minimum Gasteiger partial charge on any atom is -0.484 e. The minimum atomic E-state index is -0.142. The van der Waals surface area contributed by atoms with Crippen molar-refractivity contribution in [3.8, 4) is 5.75 Å². The monoisotopic (exact) mass is 273 g/mol. The molecule has 0 radical (unpaired) electrons. The second kappa shape index (κ2) is 6.23. The highest BCUT2D eigenvalue weighted by Gasteiger charge is 2.10. The molecule has 1 aromatic carbocycles. The van der Waals surface area contributed by atoms with Crippen LogP contribution in [0.5, 0.6) is 5.75 Å². The number of hydrogen-bond acceptors (Lipinski definition) is 3. The van der Waals surface area contributed by atoms with E-state index in [4.69, 9.17) is 4.74 Å². The number of aromatic nitrogens is 2. The summed E-state index contributed by atoms with van der Waals surface area (Å²) in [7, 11) is 1.90. The van der Waals surface area contributed by atoms with Gasteiger partial charge in [-0.1, -0.05) is 18.2 Å². The molecule has 5 nitrogen and oxygen atoms in total. The van der Waals surface area contributed by atoms with Crippen molar-refractivity contribution in [2.24, 2.45) is 7.05 Å². The number of para-hydroxylation sites is 1. The lowest BCUT2D eigenvalue weighted by Crippen LogP contribution is -2.28. The zero-order valence-electron chi connectivity index (χ0n) is 12.0. The van der Waals surface area contributed by atoms with Crippen molar-refractivity contribution in [2.75, 3.05) is 6.61 Å². The molecule has 0 aliphatic heterocycles. The van der Waals surface area contributed by atoms with Gasteiger partial charge in [0, 0.05) is 24.8 Å². The van der Waals surface area contributed by atoms with Crippen LogP contribution in [0, 0.1) is 13.8 Å². The van der Waals surface area contributed by atoms with E-state index in [1.165, 1.54) is 0 Å². The van der Waals surface area contributed by atoms with E-state index >= 15 is 0 Å². The molecule has 2 aromatic rings.